The molecule has 0 atom stereocenters. The predicted octanol–water partition coefficient (Wildman–Crippen LogP) is 6.66. The molecule has 48 heavy (non-hydrogen) atoms. The summed E-state index contributed by atoms with van der Waals surface area (Å²) in [5.41, 5.74) is 2.81. The van der Waals surface area contributed by atoms with Gasteiger partial charge in [-0.1, -0.05) is 35.3 Å². The van der Waals surface area contributed by atoms with Gasteiger partial charge in [-0.2, -0.15) is 5.10 Å². The normalized spacial score (nSPS) is 13.5. The maximum Gasteiger partial charge on any atom is 0.292 e. The number of aromatic nitrogens is 2. The SMILES string of the molecule is Cc1cc(Oc2ccc(Cn3nc4cc(Cl)ccc4c3C(=O)NS(=O)(=O)c3ccc([N+](=O)[O-])c(N4CCOCC4)c3)cc2)cc(C)c1Cl. The van der Waals surface area contributed by atoms with Crippen molar-refractivity contribution >= 4 is 61.4 Å². The van der Waals surface area contributed by atoms with Crippen molar-refractivity contribution in [1.29, 1.82) is 0 Å². The van der Waals surface area contributed by atoms with Gasteiger partial charge in [0.05, 0.1) is 35.1 Å². The molecular weight excluding hydrogens is 681 g/mol. The van der Waals surface area contributed by atoms with Crippen LogP contribution in [0.5, 0.6) is 11.5 Å². The minimum absolute atomic E-state index is 0.00648. The monoisotopic (exact) mass is 709 g/mol. The third-order valence-corrected chi connectivity index (χ3v) is 10.0. The summed E-state index contributed by atoms with van der Waals surface area (Å²) in [7, 11) is -4.47. The molecule has 5 aromatic rings. The number of halogens is 2. The van der Waals surface area contributed by atoms with Crippen LogP contribution in [0, 0.1) is 24.0 Å². The Kier molecular flexibility index (Phi) is 9.30. The zero-order valence-electron chi connectivity index (χ0n) is 25.8. The van der Waals surface area contributed by atoms with Gasteiger partial charge in [0.15, 0.2) is 0 Å². The number of hydrogen-bond acceptors (Lipinski definition) is 9. The molecule has 0 spiro atoms. The Labute approximate surface area is 286 Å². The number of morpholine rings is 1. The fourth-order valence-corrected chi connectivity index (χ4v) is 6.76. The van der Waals surface area contributed by atoms with Crippen LogP contribution in [0.4, 0.5) is 11.4 Å². The third-order valence-electron chi connectivity index (χ3n) is 7.85. The molecule has 0 saturated carbocycles. The molecule has 15 heteroatoms. The number of ether oxygens (including phenoxy) is 2. The Morgan fingerprint density at radius 3 is 2.33 bits per heavy atom. The van der Waals surface area contributed by atoms with E-state index in [9.17, 15) is 23.3 Å². The molecule has 0 aliphatic carbocycles. The number of nitro groups is 1. The van der Waals surface area contributed by atoms with E-state index in [1.54, 1.807) is 35.2 Å². The lowest BCUT2D eigenvalue weighted by atomic mass is 10.1. The van der Waals surface area contributed by atoms with Gasteiger partial charge in [-0.3, -0.25) is 19.6 Å². The fraction of sp³-hybridized carbons (Fsp3) is 0.212. The minimum atomic E-state index is -4.47. The molecule has 1 N–H and O–H groups in total. The molecule has 6 rings (SSSR count). The lowest BCUT2D eigenvalue weighted by Gasteiger charge is -2.28. The number of anilines is 1. The highest BCUT2D eigenvalue weighted by Crippen LogP contribution is 2.33. The van der Waals surface area contributed by atoms with Crippen molar-refractivity contribution in [2.45, 2.75) is 25.3 Å². The average Bonchev–Trinajstić information content (AvgIpc) is 3.41. The smallest absolute Gasteiger partial charge is 0.292 e. The highest BCUT2D eigenvalue weighted by Gasteiger charge is 2.28. The number of carbonyl (C=O) groups is 1. The molecule has 0 bridgehead atoms. The summed E-state index contributed by atoms with van der Waals surface area (Å²) in [5, 5.41) is 17.7. The van der Waals surface area contributed by atoms with Crippen LogP contribution in [0.25, 0.3) is 10.9 Å². The van der Waals surface area contributed by atoms with Crippen molar-refractivity contribution in [2.24, 2.45) is 0 Å². The number of benzene rings is 4. The number of nitrogens with zero attached hydrogens (tertiary/aromatic N) is 4. The van der Waals surface area contributed by atoms with Crippen molar-refractivity contribution in [2.75, 3.05) is 31.2 Å². The highest BCUT2D eigenvalue weighted by molar-refractivity contribution is 7.90. The van der Waals surface area contributed by atoms with Crippen LogP contribution in [0.1, 0.15) is 27.2 Å². The Hall–Kier alpha value is -4.69. The number of amides is 1. The molecule has 1 amide bonds. The summed E-state index contributed by atoms with van der Waals surface area (Å²) < 4.78 is 42.0. The number of fused-ring (bicyclic) bond motifs is 1. The molecular formula is C33H29Cl2N5O7S. The zero-order chi connectivity index (χ0) is 34.2. The van der Waals surface area contributed by atoms with Gasteiger partial charge >= 0.3 is 0 Å². The second-order valence-electron chi connectivity index (χ2n) is 11.2. The Morgan fingerprint density at radius 2 is 1.67 bits per heavy atom. The number of nitrogens with one attached hydrogen (secondary N) is 1. The lowest BCUT2D eigenvalue weighted by molar-refractivity contribution is -0.384. The van der Waals surface area contributed by atoms with Crippen LogP contribution in [0.2, 0.25) is 10.0 Å². The predicted molar refractivity (Wildman–Crippen MR) is 182 cm³/mol. The number of sulfonamides is 1. The Bertz CT molecular complexity index is 2140. The molecule has 1 aromatic heterocycles. The van der Waals surface area contributed by atoms with E-state index in [4.69, 9.17) is 32.7 Å². The van der Waals surface area contributed by atoms with Gasteiger partial charge in [-0.05, 0) is 85.1 Å². The van der Waals surface area contributed by atoms with Gasteiger partial charge < -0.3 is 14.4 Å². The molecule has 1 aliphatic heterocycles. The summed E-state index contributed by atoms with van der Waals surface area (Å²) in [6.45, 7) is 5.29. The molecule has 1 saturated heterocycles. The maximum absolute atomic E-state index is 13.8. The molecule has 248 valence electrons. The first-order valence-electron chi connectivity index (χ1n) is 14.8. The van der Waals surface area contributed by atoms with E-state index in [0.29, 0.717) is 58.8 Å². The summed E-state index contributed by atoms with van der Waals surface area (Å²) in [6, 6.07) is 19.1. The van der Waals surface area contributed by atoms with Gasteiger partial charge in [0.25, 0.3) is 21.6 Å². The fourth-order valence-electron chi connectivity index (χ4n) is 5.51. The number of carbonyl (C=O) groups excluding carboxylic acids is 1. The van der Waals surface area contributed by atoms with Crippen LogP contribution >= 0.6 is 23.2 Å². The first kappa shape index (κ1) is 33.2. The van der Waals surface area contributed by atoms with Crippen LogP contribution in [-0.2, 0) is 21.3 Å². The number of hydrogen-bond donors (Lipinski definition) is 1. The molecule has 0 unspecified atom stereocenters. The number of rotatable bonds is 9. The second kappa shape index (κ2) is 13.4. The molecule has 4 aromatic carbocycles. The summed E-state index contributed by atoms with van der Waals surface area (Å²) in [6.07, 6.45) is 0. The van der Waals surface area contributed by atoms with Crippen molar-refractivity contribution in [3.8, 4) is 11.5 Å². The molecule has 1 aliphatic rings. The largest absolute Gasteiger partial charge is 0.457 e. The average molecular weight is 711 g/mol. The maximum atomic E-state index is 13.8. The Morgan fingerprint density at radius 1 is 0.979 bits per heavy atom. The van der Waals surface area contributed by atoms with E-state index >= 15 is 0 Å². The number of aryl methyl sites for hydroxylation is 2. The van der Waals surface area contributed by atoms with Gasteiger partial charge in [-0.25, -0.2) is 13.1 Å². The van der Waals surface area contributed by atoms with Crippen molar-refractivity contribution in [3.63, 3.8) is 0 Å². The first-order valence-corrected chi connectivity index (χ1v) is 17.0. The minimum Gasteiger partial charge on any atom is -0.457 e. The van der Waals surface area contributed by atoms with E-state index in [0.717, 1.165) is 28.8 Å². The topological polar surface area (TPSA) is 146 Å². The zero-order valence-corrected chi connectivity index (χ0v) is 28.1. The lowest BCUT2D eigenvalue weighted by Crippen LogP contribution is -2.37. The molecule has 2 heterocycles. The van der Waals surface area contributed by atoms with Crippen LogP contribution < -0.4 is 14.4 Å². The summed E-state index contributed by atoms with van der Waals surface area (Å²) in [4.78, 5) is 26.3. The van der Waals surface area contributed by atoms with E-state index < -0.39 is 20.9 Å². The Balaban J connectivity index is 1.28. The van der Waals surface area contributed by atoms with Crippen molar-refractivity contribution in [3.05, 3.63) is 115 Å². The van der Waals surface area contributed by atoms with Crippen LogP contribution in [0.3, 0.4) is 0 Å². The van der Waals surface area contributed by atoms with Crippen molar-refractivity contribution < 1.29 is 27.6 Å². The van der Waals surface area contributed by atoms with E-state index in [-0.39, 0.29) is 28.5 Å². The van der Waals surface area contributed by atoms with Gasteiger partial charge in [-0.15, -0.1) is 0 Å². The number of nitro benzene ring substituents is 1. The van der Waals surface area contributed by atoms with E-state index in [1.165, 1.54) is 10.7 Å². The second-order valence-corrected chi connectivity index (χ2v) is 13.7. The van der Waals surface area contributed by atoms with Gasteiger partial charge in [0.1, 0.15) is 22.9 Å². The third kappa shape index (κ3) is 6.95. The molecule has 1 fully saturated rings. The highest BCUT2D eigenvalue weighted by atomic mass is 35.5. The van der Waals surface area contributed by atoms with Gasteiger partial charge in [0.2, 0.25) is 0 Å². The standard InChI is InChI=1S/C33H29Cl2N5O7S/c1-20-15-25(16-21(2)31(20)35)47-24-6-3-22(4-7-24)19-39-32(27-9-5-23(34)17-28(27)36-39)33(41)37-48(44,45)26-8-10-29(40(42)43)30(18-26)38-11-13-46-14-12-38/h3-10,15-18H,11-14,19H2,1-2H3,(H,37,41). The van der Waals surface area contributed by atoms with Crippen LogP contribution in [-0.4, -0.2) is 55.3 Å². The molecule has 0 radical (unpaired) electrons. The quantitative estimate of drug-likeness (QED) is 0.131. The summed E-state index contributed by atoms with van der Waals surface area (Å²) >= 11 is 12.5. The van der Waals surface area contributed by atoms with E-state index in [1.807, 2.05) is 38.1 Å². The van der Waals surface area contributed by atoms with Crippen molar-refractivity contribution in [1.82, 2.24) is 14.5 Å². The van der Waals surface area contributed by atoms with Gasteiger partial charge in [0, 0.05) is 34.6 Å². The molecule has 12 nitrogen and oxygen atoms in total. The summed E-state index contributed by atoms with van der Waals surface area (Å²) in [5.74, 6) is 0.294. The first-order chi connectivity index (χ1) is 22.9. The van der Waals surface area contributed by atoms with Crippen LogP contribution in [0.15, 0.2) is 77.7 Å². The van der Waals surface area contributed by atoms with E-state index in [2.05, 4.69) is 9.82 Å².